The second-order valence-electron chi connectivity index (χ2n) is 12.8. The van der Waals surface area contributed by atoms with Crippen LogP contribution in [0, 0.1) is 32.1 Å². The summed E-state index contributed by atoms with van der Waals surface area (Å²) in [6, 6.07) is 1.55. The first-order valence-corrected chi connectivity index (χ1v) is 16.6. The van der Waals surface area contributed by atoms with Gasteiger partial charge in [-0.3, -0.25) is 4.79 Å². The van der Waals surface area contributed by atoms with Gasteiger partial charge in [0.15, 0.2) is 0 Å². The Morgan fingerprint density at radius 3 is 2.08 bits per heavy atom. The first kappa shape index (κ1) is 43.4. The number of unbranched alkanes of at least 4 members (excludes halogenated alkanes) is 1. The van der Waals surface area contributed by atoms with Gasteiger partial charge < -0.3 is 14.5 Å². The molecule has 0 N–H and O–H groups in total. The molecule has 0 saturated heterocycles. The van der Waals surface area contributed by atoms with Crippen molar-refractivity contribution in [3.8, 4) is 0 Å². The number of rotatable bonds is 16. The van der Waals surface area contributed by atoms with Crippen LogP contribution in [0.4, 0.5) is 38.0 Å². The third-order valence-corrected chi connectivity index (χ3v) is 8.06. The molecule has 0 saturated carbocycles. The van der Waals surface area contributed by atoms with Crippen LogP contribution in [0.15, 0.2) is 29.9 Å². The van der Waals surface area contributed by atoms with E-state index in [-0.39, 0.29) is 36.0 Å². The minimum Gasteiger partial charge on any atom is -0.469 e. The average Bonchev–Trinajstić information content (AvgIpc) is 3.42. The molecule has 0 aliphatic heterocycles. The number of hydrogen-bond acceptors (Lipinski definition) is 7. The van der Waals surface area contributed by atoms with Gasteiger partial charge in [0, 0.05) is 31.9 Å². The first-order chi connectivity index (χ1) is 22.7. The molecular formula is C35H54F6N6O2. The van der Waals surface area contributed by atoms with E-state index >= 15 is 0 Å². The van der Waals surface area contributed by atoms with E-state index in [9.17, 15) is 31.1 Å². The number of anilines is 2. The molecule has 0 aliphatic rings. The maximum Gasteiger partial charge on any atom is 0.416 e. The van der Waals surface area contributed by atoms with Crippen molar-refractivity contribution in [2.75, 3.05) is 43.1 Å². The van der Waals surface area contributed by atoms with Gasteiger partial charge in [-0.2, -0.15) is 31.1 Å². The fourth-order valence-corrected chi connectivity index (χ4v) is 5.69. The van der Waals surface area contributed by atoms with E-state index in [1.54, 1.807) is 44.0 Å². The topological polar surface area (TPSA) is 76.4 Å². The lowest BCUT2D eigenvalue weighted by Crippen LogP contribution is -2.33. The van der Waals surface area contributed by atoms with Crippen LogP contribution < -0.4 is 9.80 Å². The van der Waals surface area contributed by atoms with Crippen LogP contribution in [0.3, 0.4) is 0 Å². The lowest BCUT2D eigenvalue weighted by Gasteiger charge is -2.34. The third kappa shape index (κ3) is 13.7. The molecule has 2 aromatic rings. The number of methoxy groups -OCH3 is 1. The zero-order valence-electron chi connectivity index (χ0n) is 30.8. The summed E-state index contributed by atoms with van der Waals surface area (Å²) in [4.78, 5) is 17.0. The molecule has 2 rings (SSSR count). The summed E-state index contributed by atoms with van der Waals surface area (Å²) in [6.45, 7) is 16.6. The number of ether oxygens (including phenoxy) is 1. The Kier molecular flexibility index (Phi) is 16.8. The summed E-state index contributed by atoms with van der Waals surface area (Å²) in [6.07, 6.45) is -2.72. The Balaban J connectivity index is 0.00000589. The van der Waals surface area contributed by atoms with E-state index in [0.717, 1.165) is 6.92 Å². The molecule has 0 fully saturated rings. The van der Waals surface area contributed by atoms with E-state index in [0.29, 0.717) is 55.7 Å². The number of alkyl halides is 6. The fourth-order valence-electron chi connectivity index (χ4n) is 5.69. The first-order valence-electron chi connectivity index (χ1n) is 16.6. The van der Waals surface area contributed by atoms with Crippen LogP contribution in [0.25, 0.3) is 0 Å². The maximum absolute atomic E-state index is 14.1. The number of hydrogen-bond donors (Lipinski definition) is 0. The van der Waals surface area contributed by atoms with E-state index in [4.69, 9.17) is 4.74 Å². The van der Waals surface area contributed by atoms with Gasteiger partial charge in [0.25, 0.3) is 5.95 Å². The molecule has 0 aliphatic carbocycles. The van der Waals surface area contributed by atoms with Crippen molar-refractivity contribution in [1.29, 1.82) is 0 Å². The molecule has 1 unspecified atom stereocenters. The van der Waals surface area contributed by atoms with Crippen LogP contribution in [-0.2, 0) is 22.8 Å². The molecule has 1 aromatic carbocycles. The number of nitrogens with zero attached hydrogens (tertiary/aromatic N) is 6. The van der Waals surface area contributed by atoms with Crippen LogP contribution in [0.5, 0.6) is 0 Å². The van der Waals surface area contributed by atoms with Crippen molar-refractivity contribution in [2.24, 2.45) is 18.4 Å². The van der Waals surface area contributed by atoms with E-state index < -0.39 is 29.2 Å². The second kappa shape index (κ2) is 19.0. The van der Waals surface area contributed by atoms with Crippen molar-refractivity contribution < 1.29 is 35.9 Å². The lowest BCUT2D eigenvalue weighted by molar-refractivity contribution is -0.156. The Morgan fingerprint density at radius 1 is 1.00 bits per heavy atom. The van der Waals surface area contributed by atoms with Crippen molar-refractivity contribution in [1.82, 2.24) is 20.2 Å². The van der Waals surface area contributed by atoms with Gasteiger partial charge in [-0.25, -0.2) is 0 Å². The highest BCUT2D eigenvalue weighted by molar-refractivity contribution is 5.70. The minimum absolute atomic E-state index is 0.104. The van der Waals surface area contributed by atoms with Crippen LogP contribution in [0.2, 0.25) is 0 Å². The van der Waals surface area contributed by atoms with E-state index in [1.807, 2.05) is 32.6 Å². The predicted molar refractivity (Wildman–Crippen MR) is 183 cm³/mol. The van der Waals surface area contributed by atoms with Crippen molar-refractivity contribution in [2.45, 2.75) is 100 Å². The summed E-state index contributed by atoms with van der Waals surface area (Å²) in [5.41, 5.74) is 0.818. The normalized spacial score (nSPS) is 13.3. The molecule has 1 aromatic heterocycles. The minimum atomic E-state index is -4.53. The summed E-state index contributed by atoms with van der Waals surface area (Å²) < 4.78 is 87.3. The van der Waals surface area contributed by atoms with Crippen LogP contribution in [-0.4, -0.2) is 65.6 Å². The van der Waals surface area contributed by atoms with Crippen molar-refractivity contribution in [3.05, 3.63) is 52.1 Å². The number of esters is 1. The molecule has 1 heterocycles. The SMILES string of the molecule is C/C=C\C(=C/C(C)C(F)(F)F)CN(CCCCN(CCC(C)(C)CC(=O)OC)c1c(C)cc(C)c(C(F)(F)F)c1C)c1nnn(C)n1.CC. The lowest BCUT2D eigenvalue weighted by atomic mass is 9.85. The van der Waals surface area contributed by atoms with Gasteiger partial charge >= 0.3 is 18.3 Å². The molecule has 0 spiro atoms. The Hall–Kier alpha value is -3.58. The number of halogens is 6. The average molecular weight is 705 g/mol. The number of carbonyl (C=O) groups excluding carboxylic acids is 1. The Labute approximate surface area is 287 Å². The van der Waals surface area contributed by atoms with Gasteiger partial charge in [0.2, 0.25) is 0 Å². The third-order valence-electron chi connectivity index (χ3n) is 8.06. The number of carbonyl (C=O) groups is 1. The number of allylic oxidation sites excluding steroid dienone is 2. The van der Waals surface area contributed by atoms with Gasteiger partial charge in [0.05, 0.1) is 32.1 Å². The standard InChI is InChI=1S/C33H48F6N6O2.C2H6/c1-10-13-26(19-24(4)32(34,35)36)21-45(30-40-42-43(8)41-30)16-12-11-15-44(17-14-31(6,7)20-27(46)47-9)29-23(3)18-22(2)28(25(29)5)33(37,38)39;1-2/h10,13,18-19,24H,11-12,14-17,20-21H2,1-9H3;1-2H3/b13-10-,26-19+;. The largest absolute Gasteiger partial charge is 0.469 e. The van der Waals surface area contributed by atoms with Gasteiger partial charge in [-0.05, 0) is 79.8 Å². The van der Waals surface area contributed by atoms with Gasteiger partial charge in [-0.1, -0.05) is 64.0 Å². The molecule has 1 atom stereocenters. The monoisotopic (exact) mass is 704 g/mol. The fraction of sp³-hybridized carbons (Fsp3) is 0.657. The summed E-state index contributed by atoms with van der Waals surface area (Å²) >= 11 is 0. The predicted octanol–water partition coefficient (Wildman–Crippen LogP) is 8.95. The molecular weight excluding hydrogens is 650 g/mol. The molecule has 0 amide bonds. The molecule has 278 valence electrons. The molecule has 0 radical (unpaired) electrons. The van der Waals surface area contributed by atoms with Crippen LogP contribution in [0.1, 0.15) is 89.5 Å². The van der Waals surface area contributed by atoms with Gasteiger partial charge in [0.1, 0.15) is 0 Å². The maximum atomic E-state index is 14.1. The highest BCUT2D eigenvalue weighted by Crippen LogP contribution is 2.41. The second-order valence-corrected chi connectivity index (χ2v) is 12.8. The molecule has 14 heteroatoms. The molecule has 8 nitrogen and oxygen atoms in total. The Bertz CT molecular complexity index is 1400. The van der Waals surface area contributed by atoms with Crippen molar-refractivity contribution in [3.63, 3.8) is 0 Å². The smallest absolute Gasteiger partial charge is 0.416 e. The highest BCUT2D eigenvalue weighted by Gasteiger charge is 2.37. The zero-order chi connectivity index (χ0) is 37.7. The quantitative estimate of drug-likeness (QED) is 0.0748. The number of tetrazole rings is 1. The van der Waals surface area contributed by atoms with Crippen molar-refractivity contribution >= 4 is 17.6 Å². The highest BCUT2D eigenvalue weighted by atomic mass is 19.4. The molecule has 49 heavy (non-hydrogen) atoms. The number of benzene rings is 1. The number of aromatic nitrogens is 4. The van der Waals surface area contributed by atoms with E-state index in [2.05, 4.69) is 15.4 Å². The van der Waals surface area contributed by atoms with E-state index in [1.165, 1.54) is 31.8 Å². The summed E-state index contributed by atoms with van der Waals surface area (Å²) in [7, 11) is 2.90. The van der Waals surface area contributed by atoms with Crippen LogP contribution >= 0.6 is 0 Å². The van der Waals surface area contributed by atoms with Gasteiger partial charge in [-0.15, -0.1) is 5.10 Å². The Morgan fingerprint density at radius 2 is 1.59 bits per heavy atom. The summed E-state index contributed by atoms with van der Waals surface area (Å²) in [5, 5.41) is 12.2. The zero-order valence-corrected chi connectivity index (χ0v) is 30.8. The molecule has 0 bridgehead atoms. The number of aryl methyl sites for hydroxylation is 3. The summed E-state index contributed by atoms with van der Waals surface area (Å²) in [5.74, 6) is -1.77.